The Bertz CT molecular complexity index is 110. The first-order valence-corrected chi connectivity index (χ1v) is 2.93. The van der Waals surface area contributed by atoms with Gasteiger partial charge in [-0.3, -0.25) is 0 Å². The van der Waals surface area contributed by atoms with Crippen LogP contribution in [0.2, 0.25) is 0 Å². The van der Waals surface area contributed by atoms with E-state index in [2.05, 4.69) is 4.99 Å². The molecule has 7 heavy (non-hydrogen) atoms. The van der Waals surface area contributed by atoms with E-state index in [1.807, 2.05) is 16.9 Å². The molecular weight excluding hydrogens is 106 g/mol. The van der Waals surface area contributed by atoms with Gasteiger partial charge < -0.3 is 0 Å². The topological polar surface area (TPSA) is 14.1 Å². The van der Waals surface area contributed by atoms with Crippen molar-refractivity contribution in [1.29, 1.82) is 0 Å². The Morgan fingerprint density at radius 1 is 1.29 bits per heavy atom. The zero-order valence-electron chi connectivity index (χ0n) is 3.74. The summed E-state index contributed by atoms with van der Waals surface area (Å²) in [6, 6.07) is 0. The summed E-state index contributed by atoms with van der Waals surface area (Å²) >= 11 is 1.63. The van der Waals surface area contributed by atoms with Crippen LogP contribution in [0.1, 0.15) is 0 Å². The Hall–Kier alpha value is -0.500. The average molecular weight is 111 g/mol. The molecule has 0 unspecified atom stereocenters. The minimum Gasteiger partial charge on any atom is -0.0993 e. The van der Waals surface area contributed by atoms with Gasteiger partial charge in [-0.1, -0.05) is 11.8 Å². The van der Waals surface area contributed by atoms with Crippen molar-refractivity contribution >= 4 is 18.0 Å². The SMILES string of the molecule is C1=CSC=C[N+]=C1. The highest BCUT2D eigenvalue weighted by molar-refractivity contribution is 8.04. The summed E-state index contributed by atoms with van der Waals surface area (Å²) < 4.78 is 0. The van der Waals surface area contributed by atoms with E-state index in [0.29, 0.717) is 0 Å². The molecule has 0 saturated heterocycles. The Balaban J connectivity index is 2.60. The predicted octanol–water partition coefficient (Wildman–Crippen LogP) is 1.12. The number of allylic oxidation sites excluding steroid dienone is 1. The molecule has 0 fully saturated rings. The van der Waals surface area contributed by atoms with E-state index < -0.39 is 0 Å². The number of rotatable bonds is 0. The second-order valence-electron chi connectivity index (χ2n) is 1.05. The maximum Gasteiger partial charge on any atom is 0.248 e. The van der Waals surface area contributed by atoms with Gasteiger partial charge in [0.2, 0.25) is 12.4 Å². The fourth-order valence-corrected chi connectivity index (χ4v) is 0.688. The minimum atomic E-state index is 1.63. The molecule has 1 heterocycles. The standard InChI is InChI=1S/C5H5NS/c1-2-6-3-5-7-4-1/h1-5H/q+1. The fourth-order valence-electron chi connectivity index (χ4n) is 0.296. The Kier molecular flexibility index (Phi) is 1.75. The summed E-state index contributed by atoms with van der Waals surface area (Å²) in [5.74, 6) is 0. The second-order valence-corrected chi connectivity index (χ2v) is 1.86. The molecule has 0 bridgehead atoms. The Morgan fingerprint density at radius 3 is 3.29 bits per heavy atom. The van der Waals surface area contributed by atoms with Gasteiger partial charge in [0, 0.05) is 11.5 Å². The van der Waals surface area contributed by atoms with Crippen molar-refractivity contribution in [2.45, 2.75) is 0 Å². The van der Waals surface area contributed by atoms with Crippen LogP contribution in [0.25, 0.3) is 0 Å². The minimum absolute atomic E-state index is 1.63. The third-order valence-electron chi connectivity index (χ3n) is 0.555. The molecule has 1 rings (SSSR count). The molecule has 0 atom stereocenters. The van der Waals surface area contributed by atoms with E-state index in [4.69, 9.17) is 0 Å². The van der Waals surface area contributed by atoms with Crippen molar-refractivity contribution in [2.24, 2.45) is 0 Å². The van der Waals surface area contributed by atoms with Crippen LogP contribution in [0.3, 0.4) is 0 Å². The quantitative estimate of drug-likeness (QED) is 0.457. The third-order valence-corrected chi connectivity index (χ3v) is 1.15. The van der Waals surface area contributed by atoms with Crippen LogP contribution >= 0.6 is 11.8 Å². The summed E-state index contributed by atoms with van der Waals surface area (Å²) in [7, 11) is 0. The number of nitrogens with zero attached hydrogens (tertiary/aromatic N) is 1. The lowest BCUT2D eigenvalue weighted by molar-refractivity contribution is 1.43. The summed E-state index contributed by atoms with van der Waals surface area (Å²) in [4.78, 5) is 3.86. The Morgan fingerprint density at radius 2 is 2.29 bits per heavy atom. The number of thioether (sulfide) groups is 1. The molecule has 0 aliphatic carbocycles. The van der Waals surface area contributed by atoms with Gasteiger partial charge in [-0.15, -0.1) is 0 Å². The molecule has 0 aromatic carbocycles. The van der Waals surface area contributed by atoms with Gasteiger partial charge in [0.1, 0.15) is 0 Å². The first kappa shape index (κ1) is 4.65. The van der Waals surface area contributed by atoms with Crippen LogP contribution in [0.4, 0.5) is 0 Å². The largest absolute Gasteiger partial charge is 0.248 e. The van der Waals surface area contributed by atoms with Crippen LogP contribution in [0.15, 0.2) is 23.1 Å². The van der Waals surface area contributed by atoms with Gasteiger partial charge in [0.05, 0.1) is 4.99 Å². The highest BCUT2D eigenvalue weighted by atomic mass is 32.2. The van der Waals surface area contributed by atoms with E-state index in [1.165, 1.54) is 0 Å². The van der Waals surface area contributed by atoms with Gasteiger partial charge in [-0.05, 0) is 5.41 Å². The lowest BCUT2D eigenvalue weighted by Gasteiger charge is -1.65. The van der Waals surface area contributed by atoms with Crippen molar-refractivity contribution in [3.63, 3.8) is 0 Å². The van der Waals surface area contributed by atoms with E-state index in [0.717, 1.165) is 0 Å². The van der Waals surface area contributed by atoms with Gasteiger partial charge in [0.15, 0.2) is 0 Å². The smallest absolute Gasteiger partial charge is 0.0993 e. The summed E-state index contributed by atoms with van der Waals surface area (Å²) in [6.07, 6.45) is 5.44. The molecule has 1 aliphatic heterocycles. The zero-order chi connectivity index (χ0) is 4.95. The summed E-state index contributed by atoms with van der Waals surface area (Å²) in [5.41, 5.74) is 0. The number of hydrogen-bond donors (Lipinski definition) is 0. The molecule has 2 heteroatoms. The van der Waals surface area contributed by atoms with Gasteiger partial charge >= 0.3 is 0 Å². The van der Waals surface area contributed by atoms with E-state index in [9.17, 15) is 0 Å². The molecule has 0 spiro atoms. The fraction of sp³-hybridized carbons (Fsp3) is 0. The van der Waals surface area contributed by atoms with Gasteiger partial charge in [-0.2, -0.15) is 0 Å². The van der Waals surface area contributed by atoms with E-state index in [1.54, 1.807) is 24.2 Å². The Labute approximate surface area is 46.8 Å². The van der Waals surface area contributed by atoms with Crippen LogP contribution in [0, 0.1) is 0 Å². The molecule has 0 saturated carbocycles. The maximum atomic E-state index is 3.86. The molecule has 1 radical (unpaired) electrons. The first-order valence-electron chi connectivity index (χ1n) is 1.99. The summed E-state index contributed by atoms with van der Waals surface area (Å²) in [6.45, 7) is 0. The first-order chi connectivity index (χ1) is 3.50. The normalized spacial score (nSPS) is 17.1. The molecule has 1 nitrogen and oxygen atoms in total. The molecule has 1 aliphatic rings. The van der Waals surface area contributed by atoms with Crippen molar-refractivity contribution in [3.8, 4) is 0 Å². The third kappa shape index (κ3) is 1.59. The van der Waals surface area contributed by atoms with Crippen molar-refractivity contribution in [3.05, 3.63) is 23.1 Å². The predicted molar refractivity (Wildman–Crippen MR) is 34.1 cm³/mol. The molecule has 0 amide bonds. The molecule has 0 aromatic rings. The van der Waals surface area contributed by atoms with E-state index >= 15 is 0 Å². The van der Waals surface area contributed by atoms with Crippen LogP contribution in [0.5, 0.6) is 0 Å². The van der Waals surface area contributed by atoms with Crippen LogP contribution in [-0.4, -0.2) is 6.21 Å². The molecular formula is C5H5NS+. The number of aliphatic imine (C=N–C) groups is 1. The van der Waals surface area contributed by atoms with Crippen LogP contribution < -0.4 is 4.99 Å². The van der Waals surface area contributed by atoms with Crippen molar-refractivity contribution in [1.82, 2.24) is 4.99 Å². The lowest BCUT2D eigenvalue weighted by Crippen LogP contribution is -1.72. The lowest BCUT2D eigenvalue weighted by atomic mass is 10.7. The summed E-state index contributed by atoms with van der Waals surface area (Å²) in [5, 5.41) is 3.91. The van der Waals surface area contributed by atoms with Crippen LogP contribution in [-0.2, 0) is 0 Å². The second kappa shape index (κ2) is 2.64. The highest BCUT2D eigenvalue weighted by Gasteiger charge is 1.83. The van der Waals surface area contributed by atoms with Gasteiger partial charge in [0.25, 0.3) is 0 Å². The molecule has 35 valence electrons. The molecule has 0 N–H and O–H groups in total. The van der Waals surface area contributed by atoms with Gasteiger partial charge in [-0.25, -0.2) is 0 Å². The monoisotopic (exact) mass is 111 g/mol. The van der Waals surface area contributed by atoms with E-state index in [-0.39, 0.29) is 0 Å². The highest BCUT2D eigenvalue weighted by Crippen LogP contribution is 2.02. The zero-order valence-corrected chi connectivity index (χ0v) is 4.56. The van der Waals surface area contributed by atoms with Crippen molar-refractivity contribution < 1.29 is 0 Å². The molecule has 0 aromatic heterocycles. The number of hydrogen-bond acceptors (Lipinski definition) is 2. The van der Waals surface area contributed by atoms with Crippen molar-refractivity contribution in [2.75, 3.05) is 0 Å². The average Bonchev–Trinajstić information content (AvgIpc) is 1.90. The maximum absolute atomic E-state index is 3.86.